The van der Waals surface area contributed by atoms with Crippen LogP contribution in [0, 0.1) is 0 Å². The van der Waals surface area contributed by atoms with E-state index >= 15 is 0 Å². The molecule has 0 amide bonds. The summed E-state index contributed by atoms with van der Waals surface area (Å²) < 4.78 is 10.2. The molecule has 22 heavy (non-hydrogen) atoms. The number of ketones is 1. The molecule has 1 aliphatic heterocycles. The molecule has 1 unspecified atom stereocenters. The molecule has 2 aromatic rings. The second kappa shape index (κ2) is 5.77. The van der Waals surface area contributed by atoms with Gasteiger partial charge in [0, 0.05) is 23.6 Å². The SMILES string of the molecule is CC(=O)C1C/C(=C/c2cc(-c3ccccc3Cl)no2)C(=O)O1. The van der Waals surface area contributed by atoms with Crippen LogP contribution in [0.1, 0.15) is 19.1 Å². The predicted molar refractivity (Wildman–Crippen MR) is 80.1 cm³/mol. The van der Waals surface area contributed by atoms with Crippen molar-refractivity contribution in [3.63, 3.8) is 0 Å². The molecule has 1 aromatic carbocycles. The van der Waals surface area contributed by atoms with Gasteiger partial charge in [0.1, 0.15) is 5.69 Å². The number of hydrogen-bond donors (Lipinski definition) is 0. The molecule has 0 N–H and O–H groups in total. The highest BCUT2D eigenvalue weighted by molar-refractivity contribution is 6.33. The predicted octanol–water partition coefficient (Wildman–Crippen LogP) is 3.28. The van der Waals surface area contributed by atoms with Gasteiger partial charge in [-0.25, -0.2) is 4.79 Å². The maximum absolute atomic E-state index is 11.7. The van der Waals surface area contributed by atoms with Crippen molar-refractivity contribution >= 4 is 29.4 Å². The van der Waals surface area contributed by atoms with Crippen LogP contribution in [0.15, 0.2) is 40.4 Å². The van der Waals surface area contributed by atoms with Crippen molar-refractivity contribution in [3.05, 3.63) is 46.7 Å². The molecule has 0 saturated carbocycles. The van der Waals surface area contributed by atoms with E-state index in [0.29, 0.717) is 22.0 Å². The van der Waals surface area contributed by atoms with Crippen LogP contribution < -0.4 is 0 Å². The van der Waals surface area contributed by atoms with E-state index in [1.807, 2.05) is 18.2 Å². The van der Waals surface area contributed by atoms with Crippen LogP contribution in [0.4, 0.5) is 0 Å². The van der Waals surface area contributed by atoms with Gasteiger partial charge in [-0.3, -0.25) is 4.79 Å². The Morgan fingerprint density at radius 3 is 2.86 bits per heavy atom. The summed E-state index contributed by atoms with van der Waals surface area (Å²) in [5.41, 5.74) is 1.71. The molecule has 2 heterocycles. The van der Waals surface area contributed by atoms with E-state index in [1.54, 1.807) is 18.2 Å². The lowest BCUT2D eigenvalue weighted by atomic mass is 10.1. The number of carbonyl (C=O) groups is 2. The molecule has 1 saturated heterocycles. The molecule has 1 atom stereocenters. The number of halogens is 1. The Morgan fingerprint density at radius 1 is 1.41 bits per heavy atom. The molecule has 0 spiro atoms. The number of ether oxygens (including phenoxy) is 1. The monoisotopic (exact) mass is 317 g/mol. The number of hydrogen-bond acceptors (Lipinski definition) is 5. The van der Waals surface area contributed by atoms with E-state index in [-0.39, 0.29) is 12.2 Å². The summed E-state index contributed by atoms with van der Waals surface area (Å²) in [7, 11) is 0. The quantitative estimate of drug-likeness (QED) is 0.642. The summed E-state index contributed by atoms with van der Waals surface area (Å²) in [4.78, 5) is 23.0. The molecule has 0 bridgehead atoms. The van der Waals surface area contributed by atoms with Crippen LogP contribution in [-0.4, -0.2) is 23.0 Å². The summed E-state index contributed by atoms with van der Waals surface area (Å²) >= 11 is 6.11. The zero-order valence-electron chi connectivity index (χ0n) is 11.7. The van der Waals surface area contributed by atoms with Gasteiger partial charge < -0.3 is 9.26 Å². The fourth-order valence-electron chi connectivity index (χ4n) is 2.20. The van der Waals surface area contributed by atoms with Crippen molar-refractivity contribution in [2.45, 2.75) is 19.4 Å². The Morgan fingerprint density at radius 2 is 2.18 bits per heavy atom. The van der Waals surface area contributed by atoms with Crippen molar-refractivity contribution in [2.75, 3.05) is 0 Å². The van der Waals surface area contributed by atoms with Crippen LogP contribution in [0.25, 0.3) is 17.3 Å². The molecule has 5 nitrogen and oxygen atoms in total. The molecule has 3 rings (SSSR count). The molecule has 6 heteroatoms. The van der Waals surface area contributed by atoms with Crippen LogP contribution >= 0.6 is 11.6 Å². The summed E-state index contributed by atoms with van der Waals surface area (Å²) in [6.07, 6.45) is 1.08. The number of carbonyl (C=O) groups excluding carboxylic acids is 2. The van der Waals surface area contributed by atoms with Crippen LogP contribution in [0.3, 0.4) is 0 Å². The van der Waals surface area contributed by atoms with E-state index in [1.165, 1.54) is 6.92 Å². The van der Waals surface area contributed by atoms with Crippen molar-refractivity contribution in [1.29, 1.82) is 0 Å². The third kappa shape index (κ3) is 2.80. The first kappa shape index (κ1) is 14.5. The minimum Gasteiger partial charge on any atom is -0.451 e. The number of aromatic nitrogens is 1. The van der Waals surface area contributed by atoms with Gasteiger partial charge >= 0.3 is 5.97 Å². The van der Waals surface area contributed by atoms with Gasteiger partial charge in [0.2, 0.25) is 0 Å². The molecule has 1 aliphatic rings. The van der Waals surface area contributed by atoms with Crippen molar-refractivity contribution in [3.8, 4) is 11.3 Å². The van der Waals surface area contributed by atoms with Gasteiger partial charge in [0.05, 0.1) is 5.02 Å². The first-order valence-electron chi connectivity index (χ1n) is 6.68. The average Bonchev–Trinajstić information content (AvgIpc) is 3.08. The molecular formula is C16H12ClNO4. The molecule has 0 aliphatic carbocycles. The highest BCUT2D eigenvalue weighted by Crippen LogP contribution is 2.29. The van der Waals surface area contributed by atoms with Crippen LogP contribution in [-0.2, 0) is 14.3 Å². The van der Waals surface area contributed by atoms with E-state index in [4.69, 9.17) is 20.9 Å². The maximum Gasteiger partial charge on any atom is 0.335 e. The summed E-state index contributed by atoms with van der Waals surface area (Å²) in [6, 6.07) is 8.94. The lowest BCUT2D eigenvalue weighted by Crippen LogP contribution is -2.16. The summed E-state index contributed by atoms with van der Waals surface area (Å²) in [5.74, 6) is -0.270. The summed E-state index contributed by atoms with van der Waals surface area (Å²) in [5, 5.41) is 4.51. The van der Waals surface area contributed by atoms with Crippen molar-refractivity contribution in [1.82, 2.24) is 5.16 Å². The molecule has 1 fully saturated rings. The second-order valence-electron chi connectivity index (χ2n) is 4.97. The number of cyclic esters (lactones) is 1. The number of benzene rings is 1. The third-order valence-corrected chi connectivity index (χ3v) is 3.69. The van der Waals surface area contributed by atoms with E-state index in [0.717, 1.165) is 5.56 Å². The standard InChI is InChI=1S/C16H12ClNO4/c1-9(19)15-7-10(16(20)21-15)6-11-8-14(18-22-11)12-4-2-3-5-13(12)17/h2-6,8,15H,7H2,1H3/b10-6-. The Labute approximate surface area is 131 Å². The van der Waals surface area contributed by atoms with Crippen LogP contribution in [0.5, 0.6) is 0 Å². The summed E-state index contributed by atoms with van der Waals surface area (Å²) in [6.45, 7) is 1.39. The first-order valence-corrected chi connectivity index (χ1v) is 7.06. The number of Topliss-reactive ketones (excluding diaryl/α,β-unsaturated/α-hetero) is 1. The average molecular weight is 318 g/mol. The fourth-order valence-corrected chi connectivity index (χ4v) is 2.43. The van der Waals surface area contributed by atoms with Crippen LogP contribution in [0.2, 0.25) is 5.02 Å². The van der Waals surface area contributed by atoms with Gasteiger partial charge in [-0.15, -0.1) is 0 Å². The Balaban J connectivity index is 1.86. The first-order chi connectivity index (χ1) is 10.5. The largest absolute Gasteiger partial charge is 0.451 e. The normalized spacial score (nSPS) is 19.5. The number of rotatable bonds is 3. The van der Waals surface area contributed by atoms with E-state index in [2.05, 4.69) is 5.16 Å². The Kier molecular flexibility index (Phi) is 3.81. The smallest absolute Gasteiger partial charge is 0.335 e. The molecule has 1 aromatic heterocycles. The topological polar surface area (TPSA) is 69.4 Å². The fraction of sp³-hybridized carbons (Fsp3) is 0.188. The van der Waals surface area contributed by atoms with E-state index < -0.39 is 12.1 Å². The van der Waals surface area contributed by atoms with Gasteiger partial charge in [-0.2, -0.15) is 0 Å². The van der Waals surface area contributed by atoms with Gasteiger partial charge in [-0.05, 0) is 19.1 Å². The zero-order chi connectivity index (χ0) is 15.7. The van der Waals surface area contributed by atoms with Crippen molar-refractivity contribution < 1.29 is 18.8 Å². The molecule has 0 radical (unpaired) electrons. The maximum atomic E-state index is 11.7. The Hall–Kier alpha value is -2.40. The van der Waals surface area contributed by atoms with Crippen molar-refractivity contribution in [2.24, 2.45) is 0 Å². The Bertz CT molecular complexity index is 778. The highest BCUT2D eigenvalue weighted by Gasteiger charge is 2.32. The third-order valence-electron chi connectivity index (χ3n) is 3.36. The minimum absolute atomic E-state index is 0.175. The lowest BCUT2D eigenvalue weighted by molar-refractivity contribution is -0.144. The zero-order valence-corrected chi connectivity index (χ0v) is 12.5. The second-order valence-corrected chi connectivity index (χ2v) is 5.38. The van der Waals surface area contributed by atoms with Gasteiger partial charge in [0.25, 0.3) is 0 Å². The van der Waals surface area contributed by atoms with Gasteiger partial charge in [-0.1, -0.05) is 35.0 Å². The lowest BCUT2D eigenvalue weighted by Gasteiger charge is -2.00. The molecular weight excluding hydrogens is 306 g/mol. The van der Waals surface area contributed by atoms with Gasteiger partial charge in [0.15, 0.2) is 17.6 Å². The number of esters is 1. The molecule has 112 valence electrons. The number of nitrogens with zero attached hydrogens (tertiary/aromatic N) is 1. The highest BCUT2D eigenvalue weighted by atomic mass is 35.5. The van der Waals surface area contributed by atoms with E-state index in [9.17, 15) is 9.59 Å². The minimum atomic E-state index is -0.704.